The van der Waals surface area contributed by atoms with Crippen LogP contribution in [-0.2, 0) is 27.8 Å². The zero-order valence-electron chi connectivity index (χ0n) is 13.7. The van der Waals surface area contributed by atoms with Crippen molar-refractivity contribution >= 4 is 22.0 Å². The molecular weight excluding hydrogens is 334 g/mol. The number of urea groups is 1. The van der Waals surface area contributed by atoms with Gasteiger partial charge in [0.25, 0.3) is 0 Å². The molecule has 0 saturated heterocycles. The average Bonchev–Trinajstić information content (AvgIpc) is 2.53. The molecule has 0 saturated carbocycles. The molecule has 1 aromatic rings. The quantitative estimate of drug-likeness (QED) is 0.799. The number of sulfonamides is 1. The van der Waals surface area contributed by atoms with Gasteiger partial charge in [-0.3, -0.25) is 4.79 Å². The topological polar surface area (TPSA) is 107 Å². The summed E-state index contributed by atoms with van der Waals surface area (Å²) in [4.78, 5) is 24.4. The zero-order valence-corrected chi connectivity index (χ0v) is 14.5. The molecule has 0 spiro atoms. The Morgan fingerprint density at radius 2 is 2.04 bits per heavy atom. The van der Waals surface area contributed by atoms with Gasteiger partial charge in [0.2, 0.25) is 10.0 Å². The number of rotatable bonds is 5. The molecular formula is C15H21N3O5S. The summed E-state index contributed by atoms with van der Waals surface area (Å²) in [6.45, 7) is 0.740. The lowest BCUT2D eigenvalue weighted by molar-refractivity contribution is -0.136. The van der Waals surface area contributed by atoms with Crippen LogP contribution in [0.5, 0.6) is 0 Å². The van der Waals surface area contributed by atoms with Gasteiger partial charge in [-0.25, -0.2) is 17.5 Å². The van der Waals surface area contributed by atoms with E-state index in [4.69, 9.17) is 5.11 Å². The SMILES string of the molecule is CN(C)S(=O)(=O)c1cccc2c1CCN(C(=O)NCCC(=O)O)C2. The molecule has 1 aliphatic heterocycles. The largest absolute Gasteiger partial charge is 0.481 e. The fraction of sp³-hybridized carbons (Fsp3) is 0.467. The van der Waals surface area contributed by atoms with Crippen molar-refractivity contribution in [3.63, 3.8) is 0 Å². The number of aliphatic carboxylic acids is 1. The number of nitrogens with zero attached hydrogens (tertiary/aromatic N) is 2. The molecule has 2 N–H and O–H groups in total. The molecule has 8 nitrogen and oxygen atoms in total. The minimum atomic E-state index is -3.53. The summed E-state index contributed by atoms with van der Waals surface area (Å²) in [7, 11) is -0.559. The predicted octanol–water partition coefficient (Wildman–Crippen LogP) is 0.479. The highest BCUT2D eigenvalue weighted by Crippen LogP contribution is 2.27. The number of amides is 2. The number of hydrogen-bond donors (Lipinski definition) is 2. The Hall–Kier alpha value is -2.13. The Bertz CT molecular complexity index is 745. The van der Waals surface area contributed by atoms with E-state index in [0.29, 0.717) is 19.5 Å². The first-order chi connectivity index (χ1) is 11.2. The maximum absolute atomic E-state index is 12.4. The highest BCUT2D eigenvalue weighted by Gasteiger charge is 2.27. The average molecular weight is 355 g/mol. The number of hydrogen-bond acceptors (Lipinski definition) is 4. The molecule has 1 aliphatic rings. The van der Waals surface area contributed by atoms with Crippen LogP contribution in [0.3, 0.4) is 0 Å². The smallest absolute Gasteiger partial charge is 0.317 e. The zero-order chi connectivity index (χ0) is 17.9. The fourth-order valence-corrected chi connectivity index (χ4v) is 3.76. The van der Waals surface area contributed by atoms with Crippen LogP contribution in [0.25, 0.3) is 0 Å². The van der Waals surface area contributed by atoms with E-state index in [1.807, 2.05) is 0 Å². The van der Waals surface area contributed by atoms with E-state index in [9.17, 15) is 18.0 Å². The van der Waals surface area contributed by atoms with Crippen molar-refractivity contribution in [1.29, 1.82) is 0 Å². The molecule has 132 valence electrons. The van der Waals surface area contributed by atoms with Gasteiger partial charge in [-0.2, -0.15) is 0 Å². The number of carbonyl (C=O) groups is 2. The highest BCUT2D eigenvalue weighted by molar-refractivity contribution is 7.89. The van der Waals surface area contributed by atoms with Gasteiger partial charge in [-0.15, -0.1) is 0 Å². The van der Waals surface area contributed by atoms with E-state index in [1.165, 1.54) is 18.4 Å². The van der Waals surface area contributed by atoms with Crippen molar-refractivity contribution in [3.05, 3.63) is 29.3 Å². The highest BCUT2D eigenvalue weighted by atomic mass is 32.2. The van der Waals surface area contributed by atoms with Crippen LogP contribution >= 0.6 is 0 Å². The normalized spacial score (nSPS) is 14.4. The van der Waals surface area contributed by atoms with Crippen molar-refractivity contribution in [2.45, 2.75) is 24.3 Å². The van der Waals surface area contributed by atoms with Gasteiger partial charge in [0.05, 0.1) is 11.3 Å². The fourth-order valence-electron chi connectivity index (χ4n) is 2.57. The Labute approximate surface area is 141 Å². The second-order valence-electron chi connectivity index (χ2n) is 5.73. The van der Waals surface area contributed by atoms with Crippen LogP contribution < -0.4 is 5.32 Å². The van der Waals surface area contributed by atoms with Crippen molar-refractivity contribution in [2.75, 3.05) is 27.2 Å². The molecule has 0 aromatic heterocycles. The maximum atomic E-state index is 12.4. The summed E-state index contributed by atoms with van der Waals surface area (Å²) in [5.41, 5.74) is 1.53. The predicted molar refractivity (Wildman–Crippen MR) is 87.1 cm³/mol. The number of fused-ring (bicyclic) bond motifs is 1. The Balaban J connectivity index is 2.15. The number of benzene rings is 1. The number of nitrogens with one attached hydrogen (secondary N) is 1. The first kappa shape index (κ1) is 18.2. The van der Waals surface area contributed by atoms with Gasteiger partial charge >= 0.3 is 12.0 Å². The van der Waals surface area contributed by atoms with Crippen molar-refractivity contribution in [1.82, 2.24) is 14.5 Å². The molecule has 0 bridgehead atoms. The Morgan fingerprint density at radius 3 is 2.67 bits per heavy atom. The molecule has 0 radical (unpaired) electrons. The monoisotopic (exact) mass is 355 g/mol. The molecule has 1 heterocycles. The van der Waals surface area contributed by atoms with Gasteiger partial charge in [0, 0.05) is 33.7 Å². The summed E-state index contributed by atoms with van der Waals surface area (Å²) in [5, 5.41) is 11.1. The third kappa shape index (κ3) is 3.85. The van der Waals surface area contributed by atoms with Gasteiger partial charge < -0.3 is 15.3 Å². The Morgan fingerprint density at radius 1 is 1.33 bits per heavy atom. The van der Waals surface area contributed by atoms with Crippen LogP contribution in [0.4, 0.5) is 4.79 Å². The van der Waals surface area contributed by atoms with Crippen LogP contribution in [0, 0.1) is 0 Å². The molecule has 9 heteroatoms. The molecule has 2 amide bonds. The lowest BCUT2D eigenvalue weighted by Crippen LogP contribution is -2.43. The summed E-state index contributed by atoms with van der Waals surface area (Å²) in [6.07, 6.45) is 0.298. The number of carboxylic acid groups (broad SMARTS) is 1. The first-order valence-corrected chi connectivity index (χ1v) is 8.95. The third-order valence-corrected chi connectivity index (χ3v) is 5.78. The summed E-state index contributed by atoms with van der Waals surface area (Å²) < 4.78 is 26.0. The lowest BCUT2D eigenvalue weighted by Gasteiger charge is -2.30. The minimum Gasteiger partial charge on any atom is -0.481 e. The van der Waals surface area contributed by atoms with Crippen LogP contribution in [0.2, 0.25) is 0 Å². The van der Waals surface area contributed by atoms with Gasteiger partial charge in [0.1, 0.15) is 0 Å². The van der Waals surface area contributed by atoms with E-state index < -0.39 is 16.0 Å². The van der Waals surface area contributed by atoms with Crippen molar-refractivity contribution < 1.29 is 23.1 Å². The van der Waals surface area contributed by atoms with E-state index in [0.717, 1.165) is 11.1 Å². The summed E-state index contributed by atoms with van der Waals surface area (Å²) in [6, 6.07) is 4.71. The molecule has 0 aliphatic carbocycles. The Kier molecular flexibility index (Phi) is 5.45. The van der Waals surface area contributed by atoms with Gasteiger partial charge in [0.15, 0.2) is 0 Å². The maximum Gasteiger partial charge on any atom is 0.317 e. The number of carbonyl (C=O) groups excluding carboxylic acids is 1. The third-order valence-electron chi connectivity index (χ3n) is 3.88. The van der Waals surface area contributed by atoms with Crippen molar-refractivity contribution in [3.8, 4) is 0 Å². The van der Waals surface area contributed by atoms with Crippen LogP contribution in [-0.4, -0.2) is 61.9 Å². The van der Waals surface area contributed by atoms with Crippen molar-refractivity contribution in [2.24, 2.45) is 0 Å². The number of carboxylic acids is 1. The second kappa shape index (κ2) is 7.18. The molecule has 2 rings (SSSR count). The van der Waals surface area contributed by atoms with Crippen LogP contribution in [0.1, 0.15) is 17.5 Å². The molecule has 1 aromatic carbocycles. The van der Waals surface area contributed by atoms with Crippen LogP contribution in [0.15, 0.2) is 23.1 Å². The summed E-state index contributed by atoms with van der Waals surface area (Å²) in [5.74, 6) is -0.974. The molecule has 0 fully saturated rings. The van der Waals surface area contributed by atoms with Gasteiger partial charge in [-0.05, 0) is 23.6 Å². The second-order valence-corrected chi connectivity index (χ2v) is 7.85. The summed E-state index contributed by atoms with van der Waals surface area (Å²) >= 11 is 0. The minimum absolute atomic E-state index is 0.0621. The van der Waals surface area contributed by atoms with E-state index in [-0.39, 0.29) is 23.9 Å². The van der Waals surface area contributed by atoms with Gasteiger partial charge in [-0.1, -0.05) is 12.1 Å². The van der Waals surface area contributed by atoms with E-state index in [2.05, 4.69) is 5.32 Å². The first-order valence-electron chi connectivity index (χ1n) is 7.51. The van der Waals surface area contributed by atoms with E-state index >= 15 is 0 Å². The molecule has 0 atom stereocenters. The molecule has 0 unspecified atom stereocenters. The lowest BCUT2D eigenvalue weighted by atomic mass is 10.00. The van der Waals surface area contributed by atoms with E-state index in [1.54, 1.807) is 23.1 Å². The molecule has 24 heavy (non-hydrogen) atoms. The standard InChI is InChI=1S/C15H21N3O5S/c1-17(2)24(22,23)13-5-3-4-11-10-18(9-7-12(11)13)15(21)16-8-6-14(19)20/h3-5H,6-10H2,1-2H3,(H,16,21)(H,19,20).